The molecule has 0 heterocycles. The zero-order valence-electron chi connectivity index (χ0n) is 12.2. The van der Waals surface area contributed by atoms with Crippen LogP contribution in [0.15, 0.2) is 51.4 Å². The molecule has 2 rings (SSSR count). The fourth-order valence-corrected chi connectivity index (χ4v) is 3.20. The summed E-state index contributed by atoms with van der Waals surface area (Å²) in [5, 5.41) is 3.55. The van der Waals surface area contributed by atoms with Gasteiger partial charge in [0.2, 0.25) is 0 Å². The Balaban J connectivity index is 2.30. The van der Waals surface area contributed by atoms with Crippen molar-refractivity contribution in [3.63, 3.8) is 0 Å². The van der Waals surface area contributed by atoms with E-state index in [1.807, 2.05) is 12.1 Å². The normalized spacial score (nSPS) is 12.2. The third-order valence-electron chi connectivity index (χ3n) is 3.35. The van der Waals surface area contributed by atoms with E-state index in [4.69, 9.17) is 4.74 Å². The predicted molar refractivity (Wildman–Crippen MR) is 95.0 cm³/mol. The van der Waals surface area contributed by atoms with Crippen LogP contribution in [0.2, 0.25) is 0 Å². The van der Waals surface area contributed by atoms with Crippen molar-refractivity contribution in [1.82, 2.24) is 5.32 Å². The SMILES string of the molecule is CCNC(Cc1cccc(Br)c1)c1ccc(Br)cc1OC. The molecule has 2 aromatic rings. The molecule has 0 aliphatic heterocycles. The zero-order chi connectivity index (χ0) is 15.2. The minimum absolute atomic E-state index is 0.229. The number of nitrogens with one attached hydrogen (secondary N) is 1. The maximum atomic E-state index is 5.54. The van der Waals surface area contributed by atoms with Gasteiger partial charge in [0.05, 0.1) is 7.11 Å². The van der Waals surface area contributed by atoms with Crippen molar-refractivity contribution in [2.24, 2.45) is 0 Å². The molecule has 0 radical (unpaired) electrons. The third kappa shape index (κ3) is 4.56. The molecule has 1 atom stereocenters. The van der Waals surface area contributed by atoms with Crippen molar-refractivity contribution in [2.45, 2.75) is 19.4 Å². The van der Waals surface area contributed by atoms with Crippen LogP contribution in [0.1, 0.15) is 24.1 Å². The highest BCUT2D eigenvalue weighted by Crippen LogP contribution is 2.31. The summed E-state index contributed by atoms with van der Waals surface area (Å²) in [5.41, 5.74) is 2.47. The molecule has 0 fully saturated rings. The Morgan fingerprint density at radius 2 is 1.86 bits per heavy atom. The van der Waals surface area contributed by atoms with Crippen LogP contribution in [-0.4, -0.2) is 13.7 Å². The summed E-state index contributed by atoms with van der Waals surface area (Å²) in [6, 6.07) is 14.9. The van der Waals surface area contributed by atoms with Crippen LogP contribution < -0.4 is 10.1 Å². The Labute approximate surface area is 143 Å². The van der Waals surface area contributed by atoms with Crippen molar-refractivity contribution in [3.05, 3.63) is 62.5 Å². The van der Waals surface area contributed by atoms with Gasteiger partial charge in [-0.15, -0.1) is 0 Å². The maximum Gasteiger partial charge on any atom is 0.124 e. The van der Waals surface area contributed by atoms with Gasteiger partial charge in [0.1, 0.15) is 5.75 Å². The molecule has 0 bridgehead atoms. The predicted octanol–water partition coefficient (Wildman–Crippen LogP) is 5.11. The first kappa shape index (κ1) is 16.5. The Hall–Kier alpha value is -0.840. The highest BCUT2D eigenvalue weighted by Gasteiger charge is 2.16. The van der Waals surface area contributed by atoms with Gasteiger partial charge in [0.25, 0.3) is 0 Å². The number of halogens is 2. The van der Waals surface area contributed by atoms with E-state index in [1.165, 1.54) is 11.1 Å². The first-order valence-corrected chi connectivity index (χ1v) is 8.54. The fourth-order valence-electron chi connectivity index (χ4n) is 2.41. The van der Waals surface area contributed by atoms with E-state index in [0.29, 0.717) is 0 Å². The molecule has 0 spiro atoms. The summed E-state index contributed by atoms with van der Waals surface area (Å²) < 4.78 is 7.67. The Bertz CT molecular complexity index is 601. The highest BCUT2D eigenvalue weighted by atomic mass is 79.9. The lowest BCUT2D eigenvalue weighted by Crippen LogP contribution is -2.23. The molecule has 2 nitrogen and oxygen atoms in total. The molecular formula is C17H19Br2NO. The number of benzene rings is 2. The van der Waals surface area contributed by atoms with Gasteiger partial charge in [-0.05, 0) is 42.8 Å². The van der Waals surface area contributed by atoms with Gasteiger partial charge in [0.15, 0.2) is 0 Å². The van der Waals surface area contributed by atoms with E-state index in [-0.39, 0.29) is 6.04 Å². The van der Waals surface area contributed by atoms with Gasteiger partial charge in [-0.3, -0.25) is 0 Å². The van der Waals surface area contributed by atoms with Crippen molar-refractivity contribution in [3.8, 4) is 5.75 Å². The van der Waals surface area contributed by atoms with Crippen molar-refractivity contribution in [1.29, 1.82) is 0 Å². The molecule has 0 aliphatic carbocycles. The van der Waals surface area contributed by atoms with Gasteiger partial charge in [-0.2, -0.15) is 0 Å². The van der Waals surface area contributed by atoms with Gasteiger partial charge >= 0.3 is 0 Å². The Morgan fingerprint density at radius 1 is 1.10 bits per heavy atom. The number of hydrogen-bond acceptors (Lipinski definition) is 2. The van der Waals surface area contributed by atoms with Crippen LogP contribution in [0.25, 0.3) is 0 Å². The number of rotatable bonds is 6. The number of hydrogen-bond donors (Lipinski definition) is 1. The largest absolute Gasteiger partial charge is 0.496 e. The molecule has 21 heavy (non-hydrogen) atoms. The maximum absolute atomic E-state index is 5.54. The topological polar surface area (TPSA) is 21.3 Å². The Kier molecular flexibility index (Phi) is 6.27. The van der Waals surface area contributed by atoms with E-state index in [9.17, 15) is 0 Å². The fraction of sp³-hybridized carbons (Fsp3) is 0.294. The van der Waals surface area contributed by atoms with E-state index >= 15 is 0 Å². The molecule has 0 saturated carbocycles. The molecule has 1 unspecified atom stereocenters. The van der Waals surface area contributed by atoms with E-state index < -0.39 is 0 Å². The lowest BCUT2D eigenvalue weighted by atomic mass is 9.98. The molecular weight excluding hydrogens is 394 g/mol. The van der Waals surface area contributed by atoms with Crippen molar-refractivity contribution < 1.29 is 4.74 Å². The molecule has 4 heteroatoms. The van der Waals surface area contributed by atoms with Gasteiger partial charge in [-0.25, -0.2) is 0 Å². The second-order valence-corrected chi connectivity index (χ2v) is 6.66. The Morgan fingerprint density at radius 3 is 2.52 bits per heavy atom. The minimum atomic E-state index is 0.229. The smallest absolute Gasteiger partial charge is 0.124 e. The van der Waals surface area contributed by atoms with Gasteiger partial charge in [-0.1, -0.05) is 57.0 Å². The van der Waals surface area contributed by atoms with Crippen molar-refractivity contribution >= 4 is 31.9 Å². The second-order valence-electron chi connectivity index (χ2n) is 4.83. The molecule has 0 saturated heterocycles. The summed E-state index contributed by atoms with van der Waals surface area (Å²) in [6.07, 6.45) is 0.922. The third-order valence-corrected chi connectivity index (χ3v) is 4.34. The average molecular weight is 413 g/mol. The van der Waals surface area contributed by atoms with E-state index in [2.05, 4.69) is 74.4 Å². The molecule has 0 amide bonds. The minimum Gasteiger partial charge on any atom is -0.496 e. The number of ether oxygens (including phenoxy) is 1. The van der Waals surface area contributed by atoms with Crippen LogP contribution in [0.4, 0.5) is 0 Å². The van der Waals surface area contributed by atoms with Crippen LogP contribution >= 0.6 is 31.9 Å². The standard InChI is InChI=1S/C17H19Br2NO/c1-3-20-16(10-12-5-4-6-13(18)9-12)15-8-7-14(19)11-17(15)21-2/h4-9,11,16,20H,3,10H2,1-2H3. The highest BCUT2D eigenvalue weighted by molar-refractivity contribution is 9.10. The summed E-state index contributed by atoms with van der Waals surface area (Å²) in [7, 11) is 1.72. The molecule has 2 aromatic carbocycles. The van der Waals surface area contributed by atoms with E-state index in [1.54, 1.807) is 7.11 Å². The number of likely N-dealkylation sites (N-methyl/N-ethyl adjacent to an activating group) is 1. The van der Waals surface area contributed by atoms with Crippen LogP contribution in [0.5, 0.6) is 5.75 Å². The zero-order valence-corrected chi connectivity index (χ0v) is 15.4. The second kappa shape index (κ2) is 7.97. The number of methoxy groups -OCH3 is 1. The monoisotopic (exact) mass is 411 g/mol. The van der Waals surface area contributed by atoms with Gasteiger partial charge < -0.3 is 10.1 Å². The average Bonchev–Trinajstić information content (AvgIpc) is 2.47. The van der Waals surface area contributed by atoms with E-state index in [0.717, 1.165) is 27.7 Å². The molecule has 0 aromatic heterocycles. The van der Waals surface area contributed by atoms with Crippen LogP contribution in [0.3, 0.4) is 0 Å². The quantitative estimate of drug-likeness (QED) is 0.711. The molecule has 1 N–H and O–H groups in total. The van der Waals surface area contributed by atoms with Crippen molar-refractivity contribution in [2.75, 3.05) is 13.7 Å². The molecule has 112 valence electrons. The van der Waals surface area contributed by atoms with Crippen LogP contribution in [0, 0.1) is 0 Å². The lowest BCUT2D eigenvalue weighted by Gasteiger charge is -2.21. The van der Waals surface area contributed by atoms with Gasteiger partial charge in [0, 0.05) is 20.6 Å². The summed E-state index contributed by atoms with van der Waals surface area (Å²) in [5.74, 6) is 0.908. The summed E-state index contributed by atoms with van der Waals surface area (Å²) in [6.45, 7) is 3.04. The first-order valence-electron chi connectivity index (χ1n) is 6.95. The lowest BCUT2D eigenvalue weighted by molar-refractivity contribution is 0.399. The van der Waals surface area contributed by atoms with Crippen LogP contribution in [-0.2, 0) is 6.42 Å². The summed E-state index contributed by atoms with van der Waals surface area (Å²) in [4.78, 5) is 0. The summed E-state index contributed by atoms with van der Waals surface area (Å²) >= 11 is 7.03. The first-order chi connectivity index (χ1) is 10.1. The molecule has 0 aliphatic rings.